The largest absolute Gasteiger partial charge is 0.471 e. The molecule has 0 spiro atoms. The summed E-state index contributed by atoms with van der Waals surface area (Å²) in [6, 6.07) is 3.25. The second-order valence-electron chi connectivity index (χ2n) is 4.09. The van der Waals surface area contributed by atoms with Crippen molar-refractivity contribution in [1.29, 1.82) is 0 Å². The maximum Gasteiger partial charge on any atom is 0.272 e. The van der Waals surface area contributed by atoms with Gasteiger partial charge in [-0.3, -0.25) is 0 Å². The van der Waals surface area contributed by atoms with Crippen molar-refractivity contribution in [1.82, 2.24) is 15.5 Å². The van der Waals surface area contributed by atoms with Crippen LogP contribution in [0.15, 0.2) is 12.1 Å². The molecule has 0 atom stereocenters. The summed E-state index contributed by atoms with van der Waals surface area (Å²) in [5.74, 6) is 0.689. The molecule has 0 saturated heterocycles. The SMILES string of the molecule is CC(C)CNCc1ccc(OCC(F)F)nn1. The van der Waals surface area contributed by atoms with E-state index in [1.165, 1.54) is 0 Å². The van der Waals surface area contributed by atoms with Gasteiger partial charge in [-0.2, -0.15) is 5.10 Å². The van der Waals surface area contributed by atoms with Crippen LogP contribution in [0.2, 0.25) is 0 Å². The molecular formula is C11H17F2N3O. The lowest BCUT2D eigenvalue weighted by atomic mass is 10.2. The quantitative estimate of drug-likeness (QED) is 0.796. The van der Waals surface area contributed by atoms with E-state index in [1.54, 1.807) is 12.1 Å². The Hall–Kier alpha value is -1.30. The number of halogens is 2. The fourth-order valence-corrected chi connectivity index (χ4v) is 1.16. The highest BCUT2D eigenvalue weighted by molar-refractivity contribution is 5.11. The van der Waals surface area contributed by atoms with Crippen molar-refractivity contribution in [3.8, 4) is 5.88 Å². The van der Waals surface area contributed by atoms with Gasteiger partial charge in [-0.05, 0) is 18.5 Å². The highest BCUT2D eigenvalue weighted by Crippen LogP contribution is 2.06. The third-order valence-electron chi connectivity index (χ3n) is 1.91. The van der Waals surface area contributed by atoms with Crippen LogP contribution in [-0.4, -0.2) is 29.8 Å². The summed E-state index contributed by atoms with van der Waals surface area (Å²) in [4.78, 5) is 0. The predicted molar refractivity (Wildman–Crippen MR) is 60.1 cm³/mol. The topological polar surface area (TPSA) is 47.0 Å². The van der Waals surface area contributed by atoms with E-state index in [0.29, 0.717) is 12.5 Å². The van der Waals surface area contributed by atoms with Gasteiger partial charge >= 0.3 is 0 Å². The zero-order valence-electron chi connectivity index (χ0n) is 9.99. The Bertz CT molecular complexity index is 317. The van der Waals surface area contributed by atoms with Crippen molar-refractivity contribution in [2.45, 2.75) is 26.8 Å². The lowest BCUT2D eigenvalue weighted by Gasteiger charge is -2.07. The van der Waals surface area contributed by atoms with Crippen LogP contribution in [0.4, 0.5) is 8.78 Å². The molecule has 0 unspecified atom stereocenters. The van der Waals surface area contributed by atoms with E-state index in [1.807, 2.05) is 0 Å². The summed E-state index contributed by atoms with van der Waals surface area (Å²) in [6.45, 7) is 5.07. The van der Waals surface area contributed by atoms with Crippen LogP contribution in [0.25, 0.3) is 0 Å². The molecule has 0 saturated carbocycles. The van der Waals surface area contributed by atoms with E-state index >= 15 is 0 Å². The zero-order chi connectivity index (χ0) is 12.7. The lowest BCUT2D eigenvalue weighted by molar-refractivity contribution is 0.0790. The van der Waals surface area contributed by atoms with Crippen LogP contribution >= 0.6 is 0 Å². The Balaban J connectivity index is 2.34. The number of hydrogen-bond donors (Lipinski definition) is 1. The molecule has 1 N–H and O–H groups in total. The minimum Gasteiger partial charge on any atom is -0.471 e. The molecule has 0 aromatic carbocycles. The lowest BCUT2D eigenvalue weighted by Crippen LogP contribution is -2.19. The first-order chi connectivity index (χ1) is 8.08. The van der Waals surface area contributed by atoms with E-state index in [-0.39, 0.29) is 5.88 Å². The molecular weight excluding hydrogens is 228 g/mol. The number of alkyl halides is 2. The van der Waals surface area contributed by atoms with Crippen molar-refractivity contribution in [2.75, 3.05) is 13.2 Å². The first-order valence-electron chi connectivity index (χ1n) is 5.52. The second kappa shape index (κ2) is 7.11. The summed E-state index contributed by atoms with van der Waals surface area (Å²) in [5, 5.41) is 10.8. The van der Waals surface area contributed by atoms with Crippen molar-refractivity contribution in [3.63, 3.8) is 0 Å². The van der Waals surface area contributed by atoms with Crippen molar-refractivity contribution < 1.29 is 13.5 Å². The third kappa shape index (κ3) is 6.11. The highest BCUT2D eigenvalue weighted by atomic mass is 19.3. The summed E-state index contributed by atoms with van der Waals surface area (Å²) < 4.78 is 28.4. The average Bonchev–Trinajstić information content (AvgIpc) is 2.27. The smallest absolute Gasteiger partial charge is 0.272 e. The van der Waals surface area contributed by atoms with Crippen molar-refractivity contribution in [3.05, 3.63) is 17.8 Å². The van der Waals surface area contributed by atoms with Crippen LogP contribution in [0.5, 0.6) is 5.88 Å². The van der Waals surface area contributed by atoms with Gasteiger partial charge in [0.25, 0.3) is 6.43 Å². The minimum absolute atomic E-state index is 0.123. The van der Waals surface area contributed by atoms with Crippen LogP contribution in [-0.2, 0) is 6.54 Å². The summed E-state index contributed by atoms with van der Waals surface area (Å²) >= 11 is 0. The third-order valence-corrected chi connectivity index (χ3v) is 1.91. The number of nitrogens with one attached hydrogen (secondary N) is 1. The average molecular weight is 245 g/mol. The summed E-state index contributed by atoms with van der Waals surface area (Å²) in [7, 11) is 0. The monoisotopic (exact) mass is 245 g/mol. The zero-order valence-corrected chi connectivity index (χ0v) is 9.99. The molecule has 4 nitrogen and oxygen atoms in total. The van der Waals surface area contributed by atoms with Gasteiger partial charge in [0.1, 0.15) is 0 Å². The Labute approximate surface area is 99.4 Å². The number of ether oxygens (including phenoxy) is 1. The van der Waals surface area contributed by atoms with Crippen LogP contribution < -0.4 is 10.1 Å². The van der Waals surface area contributed by atoms with Crippen molar-refractivity contribution >= 4 is 0 Å². The first-order valence-corrected chi connectivity index (χ1v) is 5.52. The maximum absolute atomic E-state index is 11.9. The molecule has 0 bridgehead atoms. The summed E-state index contributed by atoms with van der Waals surface area (Å²) in [5.41, 5.74) is 0.759. The molecule has 0 aliphatic rings. The van der Waals surface area contributed by atoms with Crippen molar-refractivity contribution in [2.24, 2.45) is 5.92 Å². The molecule has 1 aromatic heterocycles. The number of nitrogens with zero attached hydrogens (tertiary/aromatic N) is 2. The predicted octanol–water partition coefficient (Wildman–Crippen LogP) is 1.87. The molecule has 0 fully saturated rings. The van der Waals surface area contributed by atoms with Gasteiger partial charge < -0.3 is 10.1 Å². The minimum atomic E-state index is -2.50. The molecule has 1 rings (SSSR count). The van der Waals surface area contributed by atoms with Gasteiger partial charge in [-0.25, -0.2) is 8.78 Å². The van der Waals surface area contributed by atoms with Gasteiger partial charge in [0.05, 0.1) is 5.69 Å². The van der Waals surface area contributed by atoms with E-state index < -0.39 is 13.0 Å². The number of hydrogen-bond acceptors (Lipinski definition) is 4. The van der Waals surface area contributed by atoms with E-state index in [0.717, 1.165) is 12.2 Å². The molecule has 6 heteroatoms. The highest BCUT2D eigenvalue weighted by Gasteiger charge is 2.05. The fraction of sp³-hybridized carbons (Fsp3) is 0.636. The Morgan fingerprint density at radius 2 is 2.06 bits per heavy atom. The molecule has 0 amide bonds. The van der Waals surface area contributed by atoms with E-state index in [4.69, 9.17) is 4.74 Å². The molecule has 17 heavy (non-hydrogen) atoms. The van der Waals surface area contributed by atoms with Crippen LogP contribution in [0.3, 0.4) is 0 Å². The Kier molecular flexibility index (Phi) is 5.76. The molecule has 0 aliphatic carbocycles. The van der Waals surface area contributed by atoms with E-state index in [2.05, 4.69) is 29.4 Å². The van der Waals surface area contributed by atoms with Gasteiger partial charge in [-0.15, -0.1) is 5.10 Å². The molecule has 0 aliphatic heterocycles. The number of aromatic nitrogens is 2. The van der Waals surface area contributed by atoms with E-state index in [9.17, 15) is 8.78 Å². The van der Waals surface area contributed by atoms with Crippen LogP contribution in [0, 0.1) is 5.92 Å². The standard InChI is InChI=1S/C11H17F2N3O/c1-8(2)5-14-6-9-3-4-11(16-15-9)17-7-10(12)13/h3-4,8,10,14H,5-7H2,1-2H3. The normalized spacial score (nSPS) is 11.2. The van der Waals surface area contributed by atoms with Gasteiger partial charge in [0.2, 0.25) is 5.88 Å². The maximum atomic E-state index is 11.9. The fourth-order valence-electron chi connectivity index (χ4n) is 1.16. The first kappa shape index (κ1) is 13.8. The Morgan fingerprint density at radius 1 is 1.29 bits per heavy atom. The van der Waals surface area contributed by atoms with Gasteiger partial charge in [-0.1, -0.05) is 13.8 Å². The molecule has 1 aromatic rings. The summed E-state index contributed by atoms with van der Waals surface area (Å²) in [6.07, 6.45) is -2.50. The van der Waals surface area contributed by atoms with Gasteiger partial charge in [0, 0.05) is 12.6 Å². The molecule has 0 radical (unpaired) electrons. The molecule has 96 valence electrons. The number of rotatable bonds is 7. The Morgan fingerprint density at radius 3 is 2.59 bits per heavy atom. The second-order valence-corrected chi connectivity index (χ2v) is 4.09. The molecule has 1 heterocycles. The van der Waals surface area contributed by atoms with Gasteiger partial charge in [0.15, 0.2) is 6.61 Å². The van der Waals surface area contributed by atoms with Crippen LogP contribution in [0.1, 0.15) is 19.5 Å².